The van der Waals surface area contributed by atoms with E-state index in [9.17, 15) is 14.4 Å². The van der Waals surface area contributed by atoms with E-state index in [0.29, 0.717) is 10.2 Å². The molecule has 1 aromatic carbocycles. The highest BCUT2D eigenvalue weighted by atomic mass is 32.2. The van der Waals surface area contributed by atoms with Crippen LogP contribution in [0.4, 0.5) is 0 Å². The zero-order chi connectivity index (χ0) is 18.1. The Bertz CT molecular complexity index is 842. The first-order valence-corrected chi connectivity index (χ1v) is 9.23. The summed E-state index contributed by atoms with van der Waals surface area (Å²) in [5.41, 5.74) is 0.450. The van der Waals surface area contributed by atoms with Crippen molar-refractivity contribution in [2.45, 2.75) is 36.9 Å². The van der Waals surface area contributed by atoms with Crippen LogP contribution in [0, 0.1) is 0 Å². The monoisotopic (exact) mass is 373 g/mol. The molecule has 1 aromatic heterocycles. The van der Waals surface area contributed by atoms with Gasteiger partial charge >= 0.3 is 5.97 Å². The number of carbonyl (C=O) groups is 3. The molecule has 2 aliphatic rings. The molecule has 2 heterocycles. The number of thioether (sulfide) groups is 1. The van der Waals surface area contributed by atoms with Gasteiger partial charge < -0.3 is 4.84 Å². The minimum absolute atomic E-state index is 0.111. The van der Waals surface area contributed by atoms with Crippen molar-refractivity contribution in [2.24, 2.45) is 0 Å². The molecule has 0 spiro atoms. The Hall–Kier alpha value is -2.75. The van der Waals surface area contributed by atoms with Crippen LogP contribution in [0.5, 0.6) is 0 Å². The lowest BCUT2D eigenvalue weighted by atomic mass is 10.1. The summed E-state index contributed by atoms with van der Waals surface area (Å²) >= 11 is 1.12. The number of benzene rings is 1. The topological polar surface area (TPSA) is 107 Å². The van der Waals surface area contributed by atoms with Crippen LogP contribution in [-0.4, -0.2) is 48.8 Å². The van der Waals surface area contributed by atoms with E-state index in [1.807, 2.05) is 0 Å². The third-order valence-corrected chi connectivity index (χ3v) is 5.31. The molecule has 0 unspecified atom stereocenters. The van der Waals surface area contributed by atoms with Crippen molar-refractivity contribution in [2.75, 3.05) is 5.75 Å². The largest absolute Gasteiger partial charge is 0.343 e. The van der Waals surface area contributed by atoms with Crippen LogP contribution in [-0.2, 0) is 9.63 Å². The second-order valence-corrected chi connectivity index (χ2v) is 6.99. The molecule has 26 heavy (non-hydrogen) atoms. The number of hydrogen-bond donors (Lipinski definition) is 0. The standard InChI is InChI=1S/C16H15N5O4S/c22-13(9-26-16-17-18-19-20(16)10-5-1-2-6-10)25-21-14(23)11-7-3-4-8-12(11)15(21)24/h3-4,7-8,10H,1-2,5-6,9H2. The zero-order valence-electron chi connectivity index (χ0n) is 13.7. The molecule has 4 rings (SSSR count). The maximum atomic E-state index is 12.2. The van der Waals surface area contributed by atoms with Gasteiger partial charge in [-0.2, -0.15) is 0 Å². The predicted octanol–water partition coefficient (Wildman–Crippen LogP) is 1.63. The molecular formula is C16H15N5O4S. The minimum Gasteiger partial charge on any atom is -0.329 e. The van der Waals surface area contributed by atoms with E-state index < -0.39 is 17.8 Å². The molecule has 2 amide bonds. The summed E-state index contributed by atoms with van der Waals surface area (Å²) in [7, 11) is 0. The summed E-state index contributed by atoms with van der Waals surface area (Å²) < 4.78 is 1.73. The Morgan fingerprint density at radius 3 is 2.46 bits per heavy atom. The van der Waals surface area contributed by atoms with Gasteiger partial charge in [-0.05, 0) is 35.4 Å². The molecule has 0 atom stereocenters. The number of nitrogens with zero attached hydrogens (tertiary/aromatic N) is 5. The van der Waals surface area contributed by atoms with Crippen molar-refractivity contribution in [3.05, 3.63) is 35.4 Å². The van der Waals surface area contributed by atoms with Crippen molar-refractivity contribution in [3.8, 4) is 0 Å². The summed E-state index contributed by atoms with van der Waals surface area (Å²) in [6.07, 6.45) is 4.29. The Balaban J connectivity index is 1.38. The number of hydroxylamine groups is 2. The quantitative estimate of drug-likeness (QED) is 0.575. The highest BCUT2D eigenvalue weighted by Crippen LogP contribution is 2.31. The lowest BCUT2D eigenvalue weighted by Crippen LogP contribution is -2.33. The highest BCUT2D eigenvalue weighted by Gasteiger charge is 2.38. The van der Waals surface area contributed by atoms with E-state index in [4.69, 9.17) is 4.84 Å². The fourth-order valence-corrected chi connectivity index (χ4v) is 3.87. The fraction of sp³-hybridized carbons (Fsp3) is 0.375. The number of rotatable bonds is 5. The normalized spacial score (nSPS) is 17.0. The van der Waals surface area contributed by atoms with E-state index >= 15 is 0 Å². The van der Waals surface area contributed by atoms with E-state index in [1.165, 1.54) is 12.1 Å². The number of fused-ring (bicyclic) bond motifs is 1. The van der Waals surface area contributed by atoms with Crippen LogP contribution >= 0.6 is 11.8 Å². The number of hydrogen-bond acceptors (Lipinski definition) is 8. The molecular weight excluding hydrogens is 358 g/mol. The molecule has 10 heteroatoms. The van der Waals surface area contributed by atoms with Gasteiger partial charge in [0.15, 0.2) is 0 Å². The lowest BCUT2D eigenvalue weighted by Gasteiger charge is -2.13. The molecule has 0 bridgehead atoms. The molecule has 9 nitrogen and oxygen atoms in total. The van der Waals surface area contributed by atoms with Crippen LogP contribution in [0.25, 0.3) is 0 Å². The summed E-state index contributed by atoms with van der Waals surface area (Å²) in [6, 6.07) is 6.59. The van der Waals surface area contributed by atoms with E-state index in [0.717, 1.165) is 37.4 Å². The predicted molar refractivity (Wildman–Crippen MR) is 89.1 cm³/mol. The van der Waals surface area contributed by atoms with Crippen molar-refractivity contribution < 1.29 is 19.2 Å². The second-order valence-electron chi connectivity index (χ2n) is 6.05. The van der Waals surface area contributed by atoms with Crippen molar-refractivity contribution in [3.63, 3.8) is 0 Å². The zero-order valence-corrected chi connectivity index (χ0v) is 14.5. The highest BCUT2D eigenvalue weighted by molar-refractivity contribution is 7.99. The summed E-state index contributed by atoms with van der Waals surface area (Å²) in [5.74, 6) is -2.11. The molecule has 1 fully saturated rings. The van der Waals surface area contributed by atoms with E-state index in [1.54, 1.807) is 16.8 Å². The van der Waals surface area contributed by atoms with Crippen LogP contribution in [0.15, 0.2) is 29.4 Å². The Labute approximate surface area is 152 Å². The Morgan fingerprint density at radius 1 is 1.15 bits per heavy atom. The molecule has 0 N–H and O–H groups in total. The number of aromatic nitrogens is 4. The van der Waals surface area contributed by atoms with Crippen LogP contribution in [0.3, 0.4) is 0 Å². The summed E-state index contributed by atoms with van der Waals surface area (Å²) in [4.78, 5) is 41.5. The second kappa shape index (κ2) is 6.87. The molecule has 2 aromatic rings. The third-order valence-electron chi connectivity index (χ3n) is 4.40. The van der Waals surface area contributed by atoms with Crippen LogP contribution < -0.4 is 0 Å². The summed E-state index contributed by atoms with van der Waals surface area (Å²) in [6.45, 7) is 0. The first-order chi connectivity index (χ1) is 12.6. The fourth-order valence-electron chi connectivity index (χ4n) is 3.16. The Kier molecular flexibility index (Phi) is 4.41. The van der Waals surface area contributed by atoms with E-state index in [2.05, 4.69) is 15.5 Å². The van der Waals surface area contributed by atoms with Crippen LogP contribution in [0.1, 0.15) is 52.4 Å². The van der Waals surface area contributed by atoms with Crippen molar-refractivity contribution in [1.82, 2.24) is 25.3 Å². The van der Waals surface area contributed by atoms with Gasteiger partial charge in [0.2, 0.25) is 5.16 Å². The van der Waals surface area contributed by atoms with Gasteiger partial charge in [0.25, 0.3) is 11.8 Å². The van der Waals surface area contributed by atoms with Gasteiger partial charge in [-0.25, -0.2) is 9.48 Å². The maximum absolute atomic E-state index is 12.2. The molecule has 1 aliphatic heterocycles. The van der Waals surface area contributed by atoms with Gasteiger partial charge in [0.1, 0.15) is 5.75 Å². The minimum atomic E-state index is -0.717. The first kappa shape index (κ1) is 16.7. The maximum Gasteiger partial charge on any atom is 0.343 e. The van der Waals surface area contributed by atoms with Crippen LogP contribution in [0.2, 0.25) is 0 Å². The smallest absolute Gasteiger partial charge is 0.329 e. The molecule has 134 valence electrons. The number of imide groups is 1. The first-order valence-electron chi connectivity index (χ1n) is 8.24. The molecule has 0 saturated heterocycles. The molecule has 1 aliphatic carbocycles. The van der Waals surface area contributed by atoms with Gasteiger partial charge in [0.05, 0.1) is 17.2 Å². The van der Waals surface area contributed by atoms with Crippen molar-refractivity contribution >= 4 is 29.5 Å². The third kappa shape index (κ3) is 2.96. The SMILES string of the molecule is O=C(CSc1nnnn1C1CCCC1)ON1C(=O)c2ccccc2C1=O. The van der Waals surface area contributed by atoms with E-state index in [-0.39, 0.29) is 22.9 Å². The number of tetrazole rings is 1. The average molecular weight is 373 g/mol. The van der Waals surface area contributed by atoms with Gasteiger partial charge in [-0.3, -0.25) is 9.59 Å². The molecule has 1 saturated carbocycles. The van der Waals surface area contributed by atoms with Gasteiger partial charge in [0, 0.05) is 0 Å². The Morgan fingerprint density at radius 2 is 1.81 bits per heavy atom. The van der Waals surface area contributed by atoms with Gasteiger partial charge in [-0.15, -0.1) is 5.10 Å². The van der Waals surface area contributed by atoms with Crippen molar-refractivity contribution in [1.29, 1.82) is 0 Å². The lowest BCUT2D eigenvalue weighted by molar-refractivity contribution is -0.165. The number of amides is 2. The number of carbonyl (C=O) groups excluding carboxylic acids is 3. The van der Waals surface area contributed by atoms with Gasteiger partial charge in [-0.1, -0.05) is 41.8 Å². The average Bonchev–Trinajstić information content (AvgIpc) is 3.37. The summed E-state index contributed by atoms with van der Waals surface area (Å²) in [5, 5.41) is 12.6. The molecule has 0 radical (unpaired) electrons.